The predicted molar refractivity (Wildman–Crippen MR) is 92.9 cm³/mol. The molecule has 1 saturated carbocycles. The quantitative estimate of drug-likeness (QED) is 0.834. The summed E-state index contributed by atoms with van der Waals surface area (Å²) in [5, 5.41) is 1.44. The van der Waals surface area contributed by atoms with Crippen molar-refractivity contribution in [2.75, 3.05) is 0 Å². The molecule has 2 amide bonds. The molecule has 0 bridgehead atoms. The molecule has 2 aromatic carbocycles. The number of imide groups is 1. The summed E-state index contributed by atoms with van der Waals surface area (Å²) in [7, 11) is 0. The lowest BCUT2D eigenvalue weighted by Gasteiger charge is -2.27. The van der Waals surface area contributed by atoms with Gasteiger partial charge in [0.15, 0.2) is 0 Å². The van der Waals surface area contributed by atoms with E-state index in [-0.39, 0.29) is 6.04 Å². The molecule has 1 heterocycles. The van der Waals surface area contributed by atoms with Crippen molar-refractivity contribution in [3.63, 3.8) is 0 Å². The maximum atomic E-state index is 12.6. The Morgan fingerprint density at radius 1 is 1.00 bits per heavy atom. The van der Waals surface area contributed by atoms with Crippen molar-refractivity contribution in [2.24, 2.45) is 11.7 Å². The van der Waals surface area contributed by atoms with E-state index >= 15 is 0 Å². The van der Waals surface area contributed by atoms with E-state index in [9.17, 15) is 9.59 Å². The van der Waals surface area contributed by atoms with Gasteiger partial charge in [-0.3, -0.25) is 14.4 Å². The number of benzene rings is 2. The first-order chi connectivity index (χ1) is 12.1. The molecule has 2 aliphatic rings. The molecule has 0 aromatic heterocycles. The second-order valence-electron chi connectivity index (χ2n) is 6.44. The van der Waals surface area contributed by atoms with Crippen LogP contribution in [0.1, 0.15) is 45.2 Å². The number of amides is 2. The lowest BCUT2D eigenvalue weighted by atomic mass is 9.99. The van der Waals surface area contributed by atoms with Gasteiger partial charge in [-0.2, -0.15) is 0 Å². The fourth-order valence-electron chi connectivity index (χ4n) is 3.11. The monoisotopic (exact) mass is 356 g/mol. The Morgan fingerprint density at radius 2 is 1.56 bits per heavy atom. The van der Waals surface area contributed by atoms with Crippen LogP contribution in [0.3, 0.4) is 0 Å². The van der Waals surface area contributed by atoms with E-state index in [0.717, 1.165) is 23.5 Å². The summed E-state index contributed by atoms with van der Waals surface area (Å²) in [5.41, 5.74) is 7.85. The van der Waals surface area contributed by atoms with Gasteiger partial charge in [0.05, 0.1) is 11.1 Å². The molecule has 1 aliphatic heterocycles. The van der Waals surface area contributed by atoms with E-state index in [0.29, 0.717) is 22.1 Å². The summed E-state index contributed by atoms with van der Waals surface area (Å²) in [6.45, 7) is 0. The molecule has 1 fully saturated rings. The van der Waals surface area contributed by atoms with Gasteiger partial charge in [-0.1, -0.05) is 35.9 Å². The van der Waals surface area contributed by atoms with Gasteiger partial charge in [0.25, 0.3) is 11.8 Å². The maximum Gasteiger partial charge on any atom is 0.285 e. The molecule has 2 aromatic rings. The third-order valence-electron chi connectivity index (χ3n) is 4.69. The number of hydrogen-bond donors (Lipinski definition) is 1. The highest BCUT2D eigenvalue weighted by molar-refractivity contribution is 6.30. The Balaban J connectivity index is 1.64. The van der Waals surface area contributed by atoms with E-state index in [1.807, 2.05) is 12.1 Å². The van der Waals surface area contributed by atoms with Crippen molar-refractivity contribution in [2.45, 2.75) is 25.0 Å². The SMILES string of the molecule is N[C@@H](C1CC1)C(ON1C(=O)c2ccccc2C1=O)c1ccc(Cl)cc1. The Labute approximate surface area is 150 Å². The van der Waals surface area contributed by atoms with Crippen molar-refractivity contribution >= 4 is 23.4 Å². The predicted octanol–water partition coefficient (Wildman–Crippen LogP) is 3.35. The standard InChI is InChI=1S/C19H17ClN2O3/c20-13-9-7-12(8-10-13)17(16(21)11-5-6-11)25-22-18(23)14-3-1-2-4-15(14)19(22)24/h1-4,7-11,16-17H,5-6,21H2/t16-,17?/m0/s1. The van der Waals surface area contributed by atoms with E-state index in [1.54, 1.807) is 36.4 Å². The average molecular weight is 357 g/mol. The first-order valence-electron chi connectivity index (χ1n) is 8.22. The molecule has 128 valence electrons. The van der Waals surface area contributed by atoms with E-state index < -0.39 is 17.9 Å². The Bertz CT molecular complexity index is 798. The van der Waals surface area contributed by atoms with Crippen LogP contribution in [0.15, 0.2) is 48.5 Å². The lowest BCUT2D eigenvalue weighted by molar-refractivity contribution is -0.143. The summed E-state index contributed by atoms with van der Waals surface area (Å²) in [5.74, 6) is -0.582. The smallest absolute Gasteiger partial charge is 0.285 e. The normalized spacial score (nSPS) is 19.0. The van der Waals surface area contributed by atoms with Crippen molar-refractivity contribution in [3.05, 3.63) is 70.2 Å². The molecule has 1 unspecified atom stereocenters. The minimum atomic E-state index is -0.591. The van der Waals surface area contributed by atoms with Gasteiger partial charge in [-0.15, -0.1) is 5.06 Å². The average Bonchev–Trinajstić information content (AvgIpc) is 3.44. The number of hydrogen-bond acceptors (Lipinski definition) is 4. The Hall–Kier alpha value is -2.21. The minimum absolute atomic E-state index is 0.300. The molecule has 0 saturated heterocycles. The Kier molecular flexibility index (Phi) is 4.07. The zero-order chi connectivity index (χ0) is 17.6. The van der Waals surface area contributed by atoms with Crippen LogP contribution in [-0.4, -0.2) is 22.9 Å². The number of rotatable bonds is 5. The molecule has 25 heavy (non-hydrogen) atoms. The van der Waals surface area contributed by atoms with Crippen molar-refractivity contribution in [3.8, 4) is 0 Å². The molecule has 5 nitrogen and oxygen atoms in total. The van der Waals surface area contributed by atoms with E-state index in [2.05, 4.69) is 0 Å². The molecule has 4 rings (SSSR count). The molecule has 1 aliphatic carbocycles. The van der Waals surface area contributed by atoms with Gasteiger partial charge in [0.1, 0.15) is 6.10 Å². The summed E-state index contributed by atoms with van der Waals surface area (Å²) in [6.07, 6.45) is 1.46. The van der Waals surface area contributed by atoms with Crippen molar-refractivity contribution in [1.82, 2.24) is 5.06 Å². The van der Waals surface area contributed by atoms with Crippen molar-refractivity contribution in [1.29, 1.82) is 0 Å². The summed E-state index contributed by atoms with van der Waals surface area (Å²) >= 11 is 5.96. The van der Waals surface area contributed by atoms with Gasteiger partial charge in [0, 0.05) is 11.1 Å². The van der Waals surface area contributed by atoms with Crippen LogP contribution >= 0.6 is 11.6 Å². The Morgan fingerprint density at radius 3 is 2.08 bits per heavy atom. The van der Waals surface area contributed by atoms with Gasteiger partial charge in [0.2, 0.25) is 0 Å². The second-order valence-corrected chi connectivity index (χ2v) is 6.88. The van der Waals surface area contributed by atoms with Crippen LogP contribution in [0.2, 0.25) is 5.02 Å². The van der Waals surface area contributed by atoms with Crippen LogP contribution in [0, 0.1) is 5.92 Å². The second kappa shape index (κ2) is 6.26. The first kappa shape index (κ1) is 16.3. The van der Waals surface area contributed by atoms with Gasteiger partial charge in [-0.05, 0) is 48.6 Å². The third kappa shape index (κ3) is 2.95. The zero-order valence-electron chi connectivity index (χ0n) is 13.4. The highest BCUT2D eigenvalue weighted by atomic mass is 35.5. The van der Waals surface area contributed by atoms with Crippen molar-refractivity contribution < 1.29 is 14.4 Å². The fourth-order valence-corrected chi connectivity index (χ4v) is 3.24. The molecule has 2 N–H and O–H groups in total. The summed E-state index contributed by atoms with van der Waals surface area (Å²) < 4.78 is 0. The minimum Gasteiger partial charge on any atom is -0.325 e. The highest BCUT2D eigenvalue weighted by Crippen LogP contribution is 2.39. The lowest BCUT2D eigenvalue weighted by Crippen LogP contribution is -2.39. The molecular weight excluding hydrogens is 340 g/mol. The number of halogens is 1. The topological polar surface area (TPSA) is 72.6 Å². The van der Waals surface area contributed by atoms with Crippen LogP contribution in [0.25, 0.3) is 0 Å². The number of nitrogens with two attached hydrogens (primary N) is 1. The van der Waals surface area contributed by atoms with Gasteiger partial charge < -0.3 is 5.73 Å². The number of carbonyl (C=O) groups is 2. The number of fused-ring (bicyclic) bond motifs is 1. The summed E-state index contributed by atoms with van der Waals surface area (Å²) in [6, 6.07) is 13.5. The zero-order valence-corrected chi connectivity index (χ0v) is 14.1. The fraction of sp³-hybridized carbons (Fsp3) is 0.263. The van der Waals surface area contributed by atoms with Crippen LogP contribution in [-0.2, 0) is 4.84 Å². The maximum absolute atomic E-state index is 12.6. The largest absolute Gasteiger partial charge is 0.325 e. The first-order valence-corrected chi connectivity index (χ1v) is 8.59. The molecular formula is C19H17ClN2O3. The number of hydroxylamine groups is 2. The third-order valence-corrected chi connectivity index (χ3v) is 4.94. The van der Waals surface area contributed by atoms with Gasteiger partial charge in [-0.25, -0.2) is 0 Å². The van der Waals surface area contributed by atoms with E-state index in [1.165, 1.54) is 0 Å². The van der Waals surface area contributed by atoms with Crippen LogP contribution in [0.4, 0.5) is 0 Å². The molecule has 0 spiro atoms. The molecule has 2 atom stereocenters. The molecule has 6 heteroatoms. The molecule has 0 radical (unpaired) electrons. The van der Waals surface area contributed by atoms with Crippen LogP contribution < -0.4 is 5.73 Å². The number of carbonyl (C=O) groups excluding carboxylic acids is 2. The van der Waals surface area contributed by atoms with Crippen LogP contribution in [0.5, 0.6) is 0 Å². The highest BCUT2D eigenvalue weighted by Gasteiger charge is 2.42. The summed E-state index contributed by atoms with van der Waals surface area (Å²) in [4.78, 5) is 31.0. The van der Waals surface area contributed by atoms with E-state index in [4.69, 9.17) is 22.2 Å². The van der Waals surface area contributed by atoms with Gasteiger partial charge >= 0.3 is 0 Å². The number of nitrogens with zero attached hydrogens (tertiary/aromatic N) is 1.